The molecule has 14 heavy (non-hydrogen) atoms. The van der Waals surface area contributed by atoms with Crippen LogP contribution in [0, 0.1) is 13.8 Å². The van der Waals surface area contributed by atoms with Crippen LogP contribution >= 0.6 is 0 Å². The van der Waals surface area contributed by atoms with Gasteiger partial charge in [0.05, 0.1) is 5.69 Å². The van der Waals surface area contributed by atoms with Crippen LogP contribution < -0.4 is 9.64 Å². The molecule has 0 spiro atoms. The lowest BCUT2D eigenvalue weighted by Crippen LogP contribution is -2.35. The first-order chi connectivity index (χ1) is 6.59. The first-order valence-corrected chi connectivity index (χ1v) is 4.60. The summed E-state index contributed by atoms with van der Waals surface area (Å²) < 4.78 is 5.40. The summed E-state index contributed by atoms with van der Waals surface area (Å²) >= 11 is 0. The van der Waals surface area contributed by atoms with E-state index in [2.05, 4.69) is 6.07 Å². The Morgan fingerprint density at radius 3 is 2.79 bits per heavy atom. The number of carbonyl (C=O) groups is 1. The number of carbonyl (C=O) groups excluding carboxylic acids is 1. The zero-order valence-corrected chi connectivity index (χ0v) is 8.63. The van der Waals surface area contributed by atoms with E-state index in [4.69, 9.17) is 4.74 Å². The number of anilines is 1. The largest absolute Gasteiger partial charge is 0.481 e. The number of rotatable bonds is 0. The highest BCUT2D eigenvalue weighted by Crippen LogP contribution is 2.35. The molecule has 0 saturated carbocycles. The Hall–Kier alpha value is -1.51. The molecule has 0 radical (unpaired) electrons. The molecular weight excluding hydrogens is 178 g/mol. The number of hydrogen-bond acceptors (Lipinski definition) is 2. The van der Waals surface area contributed by atoms with E-state index < -0.39 is 0 Å². The van der Waals surface area contributed by atoms with Crippen molar-refractivity contribution in [3.8, 4) is 5.75 Å². The first-order valence-electron chi connectivity index (χ1n) is 4.60. The van der Waals surface area contributed by atoms with Crippen LogP contribution in [0.5, 0.6) is 5.75 Å². The minimum atomic E-state index is 0.00231. The summed E-state index contributed by atoms with van der Waals surface area (Å²) in [6, 6.07) is 4.03. The van der Waals surface area contributed by atoms with E-state index in [1.54, 1.807) is 11.9 Å². The van der Waals surface area contributed by atoms with Crippen molar-refractivity contribution < 1.29 is 9.53 Å². The Morgan fingerprint density at radius 2 is 2.07 bits per heavy atom. The molecule has 1 aliphatic rings. The number of hydrogen-bond donors (Lipinski definition) is 0. The Labute approximate surface area is 83.3 Å². The smallest absolute Gasteiger partial charge is 0.264 e. The standard InChI is InChI=1S/C11H13NO2/c1-7-4-8(2)11-9(5-7)12(3)10(13)6-14-11/h4-5H,6H2,1-3H3. The van der Waals surface area contributed by atoms with Gasteiger partial charge in [0.25, 0.3) is 5.91 Å². The summed E-state index contributed by atoms with van der Waals surface area (Å²) in [5.74, 6) is 0.834. The van der Waals surface area contributed by atoms with Gasteiger partial charge in [0, 0.05) is 7.05 Å². The fourth-order valence-corrected chi connectivity index (χ4v) is 1.73. The Bertz CT molecular complexity index is 399. The van der Waals surface area contributed by atoms with Crippen molar-refractivity contribution in [1.29, 1.82) is 0 Å². The van der Waals surface area contributed by atoms with Gasteiger partial charge in [-0.3, -0.25) is 4.79 Å². The van der Waals surface area contributed by atoms with Gasteiger partial charge >= 0.3 is 0 Å². The van der Waals surface area contributed by atoms with E-state index in [9.17, 15) is 4.79 Å². The van der Waals surface area contributed by atoms with E-state index in [0.29, 0.717) is 0 Å². The molecule has 0 saturated heterocycles. The average molecular weight is 191 g/mol. The number of likely N-dealkylation sites (N-methyl/N-ethyl adjacent to an activating group) is 1. The van der Waals surface area contributed by atoms with Gasteiger partial charge in [0.15, 0.2) is 6.61 Å². The third-order valence-corrected chi connectivity index (χ3v) is 2.47. The fraction of sp³-hybridized carbons (Fsp3) is 0.364. The Balaban J connectivity index is 2.59. The number of aryl methyl sites for hydroxylation is 2. The number of fused-ring (bicyclic) bond motifs is 1. The van der Waals surface area contributed by atoms with Crippen LogP contribution in [0.25, 0.3) is 0 Å². The van der Waals surface area contributed by atoms with Gasteiger partial charge in [0.2, 0.25) is 0 Å². The molecule has 1 amide bonds. The third kappa shape index (κ3) is 1.25. The van der Waals surface area contributed by atoms with Gasteiger partial charge in [0.1, 0.15) is 5.75 Å². The molecule has 1 aromatic carbocycles. The van der Waals surface area contributed by atoms with Crippen LogP contribution in [0.2, 0.25) is 0 Å². The minimum absolute atomic E-state index is 0.00231. The molecular formula is C11H13NO2. The van der Waals surface area contributed by atoms with Crippen LogP contribution in [0.1, 0.15) is 11.1 Å². The summed E-state index contributed by atoms with van der Waals surface area (Å²) in [4.78, 5) is 13.0. The molecule has 1 heterocycles. The molecule has 74 valence electrons. The second kappa shape index (κ2) is 3.01. The summed E-state index contributed by atoms with van der Waals surface area (Å²) in [6.07, 6.45) is 0. The maximum atomic E-state index is 11.4. The summed E-state index contributed by atoms with van der Waals surface area (Å²) in [5.41, 5.74) is 3.10. The van der Waals surface area contributed by atoms with Crippen molar-refractivity contribution >= 4 is 11.6 Å². The van der Waals surface area contributed by atoms with Gasteiger partial charge in [-0.25, -0.2) is 0 Å². The van der Waals surface area contributed by atoms with E-state index in [1.165, 1.54) is 0 Å². The lowest BCUT2D eigenvalue weighted by molar-refractivity contribution is -0.120. The first kappa shape index (κ1) is 9.06. The van der Waals surface area contributed by atoms with Gasteiger partial charge in [-0.1, -0.05) is 6.07 Å². The SMILES string of the molecule is Cc1cc(C)c2c(c1)N(C)C(=O)CO2. The van der Waals surface area contributed by atoms with Crippen molar-refractivity contribution in [1.82, 2.24) is 0 Å². The number of benzene rings is 1. The van der Waals surface area contributed by atoms with Crippen molar-refractivity contribution in [3.05, 3.63) is 23.3 Å². The van der Waals surface area contributed by atoms with Crippen molar-refractivity contribution in [2.45, 2.75) is 13.8 Å². The zero-order chi connectivity index (χ0) is 10.3. The molecule has 0 fully saturated rings. The number of amides is 1. The highest BCUT2D eigenvalue weighted by molar-refractivity contribution is 5.97. The van der Waals surface area contributed by atoms with E-state index in [-0.39, 0.29) is 12.5 Å². The molecule has 2 rings (SSSR count). The summed E-state index contributed by atoms with van der Waals surface area (Å²) in [5, 5.41) is 0. The third-order valence-electron chi connectivity index (χ3n) is 2.47. The highest BCUT2D eigenvalue weighted by Gasteiger charge is 2.23. The Kier molecular flexibility index (Phi) is 1.95. The van der Waals surface area contributed by atoms with Gasteiger partial charge in [-0.15, -0.1) is 0 Å². The summed E-state index contributed by atoms with van der Waals surface area (Å²) in [7, 11) is 1.78. The average Bonchev–Trinajstić information content (AvgIpc) is 2.12. The normalized spacial score (nSPS) is 15.1. The zero-order valence-electron chi connectivity index (χ0n) is 8.63. The molecule has 0 atom stereocenters. The molecule has 0 aromatic heterocycles. The predicted molar refractivity (Wildman–Crippen MR) is 54.8 cm³/mol. The molecule has 3 heteroatoms. The molecule has 3 nitrogen and oxygen atoms in total. The molecule has 1 aromatic rings. The van der Waals surface area contributed by atoms with Crippen LogP contribution in [-0.2, 0) is 4.79 Å². The molecule has 0 unspecified atom stereocenters. The summed E-state index contributed by atoms with van der Waals surface area (Å²) in [6.45, 7) is 4.16. The van der Waals surface area contributed by atoms with Crippen LogP contribution in [0.15, 0.2) is 12.1 Å². The number of ether oxygens (including phenoxy) is 1. The maximum Gasteiger partial charge on any atom is 0.264 e. The minimum Gasteiger partial charge on any atom is -0.481 e. The van der Waals surface area contributed by atoms with E-state index in [0.717, 1.165) is 22.6 Å². The van der Waals surface area contributed by atoms with Gasteiger partial charge < -0.3 is 9.64 Å². The topological polar surface area (TPSA) is 29.5 Å². The van der Waals surface area contributed by atoms with Crippen LogP contribution in [0.4, 0.5) is 5.69 Å². The fourth-order valence-electron chi connectivity index (χ4n) is 1.73. The molecule has 0 N–H and O–H groups in total. The molecule has 0 bridgehead atoms. The second-order valence-electron chi connectivity index (χ2n) is 3.67. The second-order valence-corrected chi connectivity index (χ2v) is 3.67. The maximum absolute atomic E-state index is 11.4. The predicted octanol–water partition coefficient (Wildman–Crippen LogP) is 1.66. The van der Waals surface area contributed by atoms with Crippen LogP contribution in [-0.4, -0.2) is 19.6 Å². The number of nitrogens with zero attached hydrogens (tertiary/aromatic N) is 1. The quantitative estimate of drug-likeness (QED) is 0.624. The Morgan fingerprint density at radius 1 is 1.36 bits per heavy atom. The highest BCUT2D eigenvalue weighted by atomic mass is 16.5. The lowest BCUT2D eigenvalue weighted by Gasteiger charge is -2.27. The van der Waals surface area contributed by atoms with Crippen molar-refractivity contribution in [3.63, 3.8) is 0 Å². The molecule has 0 aliphatic carbocycles. The van der Waals surface area contributed by atoms with Crippen LogP contribution in [0.3, 0.4) is 0 Å². The van der Waals surface area contributed by atoms with Gasteiger partial charge in [-0.2, -0.15) is 0 Å². The lowest BCUT2D eigenvalue weighted by atomic mass is 10.1. The monoisotopic (exact) mass is 191 g/mol. The van der Waals surface area contributed by atoms with E-state index >= 15 is 0 Å². The molecule has 1 aliphatic heterocycles. The van der Waals surface area contributed by atoms with Gasteiger partial charge in [-0.05, 0) is 31.0 Å². The van der Waals surface area contributed by atoms with E-state index in [1.807, 2.05) is 19.9 Å². The van der Waals surface area contributed by atoms with Crippen molar-refractivity contribution in [2.24, 2.45) is 0 Å². The van der Waals surface area contributed by atoms with Crippen molar-refractivity contribution in [2.75, 3.05) is 18.6 Å².